The smallest absolute Gasteiger partial charge is 0.224 e. The van der Waals surface area contributed by atoms with Gasteiger partial charge in [-0.15, -0.1) is 0 Å². The second-order valence-electron chi connectivity index (χ2n) is 6.08. The molecule has 1 heterocycles. The second kappa shape index (κ2) is 7.53. The van der Waals surface area contributed by atoms with E-state index in [-0.39, 0.29) is 30.5 Å². The molecule has 1 aliphatic rings. The second-order valence-corrected chi connectivity index (χ2v) is 6.08. The van der Waals surface area contributed by atoms with Crippen LogP contribution in [-0.4, -0.2) is 36.3 Å². The summed E-state index contributed by atoms with van der Waals surface area (Å²) in [6.45, 7) is 5.15. The van der Waals surface area contributed by atoms with E-state index in [1.54, 1.807) is 0 Å². The fourth-order valence-electron chi connectivity index (χ4n) is 2.74. The Morgan fingerprint density at radius 3 is 2.43 bits per heavy atom. The Morgan fingerprint density at radius 1 is 1.22 bits per heavy atom. The zero-order valence-electron chi connectivity index (χ0n) is 13.5. The van der Waals surface area contributed by atoms with Gasteiger partial charge in [-0.05, 0) is 30.9 Å². The van der Waals surface area contributed by atoms with Gasteiger partial charge in [0.2, 0.25) is 11.8 Å². The summed E-state index contributed by atoms with van der Waals surface area (Å²) in [5.41, 5.74) is 0.261. The summed E-state index contributed by atoms with van der Waals surface area (Å²) < 4.78 is 26.4. The maximum absolute atomic E-state index is 13.3. The fraction of sp³-hybridized carbons (Fsp3) is 0.529. The first-order chi connectivity index (χ1) is 10.9. The SMILES string of the molecule is CC(=O)N(CCC(=O)N1CCC(C)CC1)c1ccc(F)c(F)c1. The first-order valence-electron chi connectivity index (χ1n) is 7.89. The Hall–Kier alpha value is -1.98. The lowest BCUT2D eigenvalue weighted by Gasteiger charge is -2.31. The monoisotopic (exact) mass is 324 g/mol. The number of likely N-dealkylation sites (tertiary alicyclic amines) is 1. The summed E-state index contributed by atoms with van der Waals surface area (Å²) in [6.07, 6.45) is 2.16. The van der Waals surface area contributed by atoms with Crippen LogP contribution in [0.4, 0.5) is 14.5 Å². The van der Waals surface area contributed by atoms with Crippen LogP contribution in [-0.2, 0) is 9.59 Å². The molecule has 4 nitrogen and oxygen atoms in total. The number of nitrogens with zero attached hydrogens (tertiary/aromatic N) is 2. The maximum Gasteiger partial charge on any atom is 0.224 e. The van der Waals surface area contributed by atoms with Gasteiger partial charge in [-0.3, -0.25) is 9.59 Å². The largest absolute Gasteiger partial charge is 0.343 e. The number of amides is 2. The summed E-state index contributed by atoms with van der Waals surface area (Å²) in [4.78, 5) is 27.1. The van der Waals surface area contributed by atoms with Gasteiger partial charge in [0.25, 0.3) is 0 Å². The minimum atomic E-state index is -1.01. The van der Waals surface area contributed by atoms with Gasteiger partial charge in [-0.2, -0.15) is 0 Å². The third kappa shape index (κ3) is 4.50. The minimum Gasteiger partial charge on any atom is -0.343 e. The number of anilines is 1. The molecule has 6 heteroatoms. The Labute approximate surface area is 135 Å². The van der Waals surface area contributed by atoms with Gasteiger partial charge in [-0.25, -0.2) is 8.78 Å². The highest BCUT2D eigenvalue weighted by molar-refractivity contribution is 5.92. The van der Waals surface area contributed by atoms with Crippen molar-refractivity contribution in [2.24, 2.45) is 5.92 Å². The Bertz CT molecular complexity index is 584. The Kier molecular flexibility index (Phi) is 5.69. The zero-order chi connectivity index (χ0) is 17.0. The molecule has 1 saturated heterocycles. The number of hydrogen-bond acceptors (Lipinski definition) is 2. The van der Waals surface area contributed by atoms with E-state index in [1.165, 1.54) is 17.9 Å². The van der Waals surface area contributed by atoms with E-state index in [9.17, 15) is 18.4 Å². The predicted octanol–water partition coefficient (Wildman–Crippen LogP) is 2.97. The average molecular weight is 324 g/mol. The normalized spacial score (nSPS) is 15.6. The number of hydrogen-bond donors (Lipinski definition) is 0. The van der Waals surface area contributed by atoms with Crippen molar-refractivity contribution in [2.75, 3.05) is 24.5 Å². The van der Waals surface area contributed by atoms with Crippen LogP contribution in [0, 0.1) is 17.6 Å². The van der Waals surface area contributed by atoms with Crippen molar-refractivity contribution in [1.82, 2.24) is 4.90 Å². The van der Waals surface area contributed by atoms with Gasteiger partial charge in [-0.1, -0.05) is 6.92 Å². The molecule has 1 aromatic rings. The van der Waals surface area contributed by atoms with Crippen LogP contribution in [0.25, 0.3) is 0 Å². The molecule has 1 aliphatic heterocycles. The molecular formula is C17H22F2N2O2. The summed E-state index contributed by atoms with van der Waals surface area (Å²) in [5, 5.41) is 0. The van der Waals surface area contributed by atoms with Gasteiger partial charge in [0.05, 0.1) is 0 Å². The van der Waals surface area contributed by atoms with Gasteiger partial charge in [0.1, 0.15) is 0 Å². The van der Waals surface area contributed by atoms with Crippen LogP contribution in [0.2, 0.25) is 0 Å². The molecule has 0 bridgehead atoms. The van der Waals surface area contributed by atoms with Crippen LogP contribution in [0.15, 0.2) is 18.2 Å². The van der Waals surface area contributed by atoms with Gasteiger partial charge >= 0.3 is 0 Å². The number of carbonyl (C=O) groups excluding carboxylic acids is 2. The van der Waals surface area contributed by atoms with Crippen LogP contribution >= 0.6 is 0 Å². The zero-order valence-corrected chi connectivity index (χ0v) is 13.5. The molecule has 2 amide bonds. The van der Waals surface area contributed by atoms with E-state index in [1.807, 2.05) is 4.90 Å². The maximum atomic E-state index is 13.3. The van der Waals surface area contributed by atoms with E-state index in [4.69, 9.17) is 0 Å². The molecule has 0 spiro atoms. The lowest BCUT2D eigenvalue weighted by Crippen LogP contribution is -2.40. The number of carbonyl (C=O) groups is 2. The van der Waals surface area contributed by atoms with Crippen molar-refractivity contribution in [3.63, 3.8) is 0 Å². The van der Waals surface area contributed by atoms with Gasteiger partial charge in [0.15, 0.2) is 11.6 Å². The molecule has 0 aliphatic carbocycles. The number of benzene rings is 1. The molecule has 0 atom stereocenters. The van der Waals surface area contributed by atoms with Crippen LogP contribution in [0.5, 0.6) is 0 Å². The molecule has 0 saturated carbocycles. The van der Waals surface area contributed by atoms with Crippen molar-refractivity contribution >= 4 is 17.5 Å². The number of rotatable bonds is 4. The van der Waals surface area contributed by atoms with Crippen molar-refractivity contribution < 1.29 is 18.4 Å². The molecule has 0 aromatic heterocycles. The molecule has 126 valence electrons. The first-order valence-corrected chi connectivity index (χ1v) is 7.89. The minimum absolute atomic E-state index is 0.00858. The summed E-state index contributed by atoms with van der Waals surface area (Å²) in [7, 11) is 0. The molecule has 23 heavy (non-hydrogen) atoms. The van der Waals surface area contributed by atoms with Crippen molar-refractivity contribution in [1.29, 1.82) is 0 Å². The first kappa shape index (κ1) is 17.4. The molecule has 1 fully saturated rings. The summed E-state index contributed by atoms with van der Waals surface area (Å²) >= 11 is 0. The van der Waals surface area contributed by atoms with E-state index in [0.29, 0.717) is 5.92 Å². The van der Waals surface area contributed by atoms with E-state index in [2.05, 4.69) is 6.92 Å². The molecule has 0 radical (unpaired) electrons. The van der Waals surface area contributed by atoms with E-state index < -0.39 is 11.6 Å². The van der Waals surface area contributed by atoms with Crippen molar-refractivity contribution in [3.8, 4) is 0 Å². The molecule has 1 aromatic carbocycles. The molecular weight excluding hydrogens is 302 g/mol. The number of halogens is 2. The Balaban J connectivity index is 1.98. The van der Waals surface area contributed by atoms with Crippen molar-refractivity contribution in [3.05, 3.63) is 29.8 Å². The van der Waals surface area contributed by atoms with Gasteiger partial charge in [0, 0.05) is 44.7 Å². The molecule has 0 unspecified atom stereocenters. The standard InChI is InChI=1S/C17H22F2N2O2/c1-12-5-8-20(9-6-12)17(23)7-10-21(13(2)22)14-3-4-15(18)16(19)11-14/h3-4,11-12H,5-10H2,1-2H3. The third-order valence-electron chi connectivity index (χ3n) is 4.28. The topological polar surface area (TPSA) is 40.6 Å². The molecule has 2 rings (SSSR count). The highest BCUT2D eigenvalue weighted by atomic mass is 19.2. The van der Waals surface area contributed by atoms with Gasteiger partial charge < -0.3 is 9.80 Å². The summed E-state index contributed by atoms with van der Waals surface area (Å²) in [6, 6.07) is 3.30. The lowest BCUT2D eigenvalue weighted by molar-refractivity contribution is -0.132. The van der Waals surface area contributed by atoms with E-state index in [0.717, 1.165) is 38.1 Å². The Morgan fingerprint density at radius 2 is 1.87 bits per heavy atom. The number of piperidine rings is 1. The van der Waals surface area contributed by atoms with E-state index >= 15 is 0 Å². The lowest BCUT2D eigenvalue weighted by atomic mass is 9.99. The van der Waals surface area contributed by atoms with Crippen LogP contribution < -0.4 is 4.90 Å². The van der Waals surface area contributed by atoms with Crippen LogP contribution in [0.1, 0.15) is 33.1 Å². The molecule has 0 N–H and O–H groups in total. The quantitative estimate of drug-likeness (QED) is 0.854. The highest BCUT2D eigenvalue weighted by Crippen LogP contribution is 2.20. The van der Waals surface area contributed by atoms with Crippen LogP contribution in [0.3, 0.4) is 0 Å². The fourth-order valence-corrected chi connectivity index (χ4v) is 2.74. The third-order valence-corrected chi connectivity index (χ3v) is 4.28. The predicted molar refractivity (Wildman–Crippen MR) is 84.0 cm³/mol. The van der Waals surface area contributed by atoms with Crippen molar-refractivity contribution in [2.45, 2.75) is 33.1 Å². The summed E-state index contributed by atoms with van der Waals surface area (Å²) in [5.74, 6) is -1.65. The average Bonchev–Trinajstić information content (AvgIpc) is 2.51. The highest BCUT2D eigenvalue weighted by Gasteiger charge is 2.22.